The molecule has 1 aromatic carbocycles. The van der Waals surface area contributed by atoms with E-state index in [2.05, 4.69) is 0 Å². The first-order valence-electron chi connectivity index (χ1n) is 5.58. The second kappa shape index (κ2) is 6.88. The Morgan fingerprint density at radius 2 is 2.06 bits per heavy atom. The Kier molecular flexibility index (Phi) is 5.40. The molecular formula is C13H18O3. The average Bonchev–Trinajstić information content (AvgIpc) is 2.27. The number of para-hydroxylation sites is 1. The lowest BCUT2D eigenvalue weighted by atomic mass is 10.2. The third-order valence-corrected chi connectivity index (χ3v) is 2.18. The summed E-state index contributed by atoms with van der Waals surface area (Å²) < 4.78 is 10.4. The highest BCUT2D eigenvalue weighted by atomic mass is 16.5. The predicted molar refractivity (Wildman–Crippen MR) is 62.5 cm³/mol. The summed E-state index contributed by atoms with van der Waals surface area (Å²) in [5.41, 5.74) is 1.11. The zero-order chi connectivity index (χ0) is 11.8. The van der Waals surface area contributed by atoms with Gasteiger partial charge in [-0.05, 0) is 31.9 Å². The maximum atomic E-state index is 11.0. The van der Waals surface area contributed by atoms with Crippen LogP contribution in [0.25, 0.3) is 0 Å². The fraction of sp³-hybridized carbons (Fsp3) is 0.462. The first-order valence-corrected chi connectivity index (χ1v) is 5.58. The number of carbonyl (C=O) groups excluding carboxylic acids is 1. The van der Waals surface area contributed by atoms with Crippen LogP contribution in [0.3, 0.4) is 0 Å². The van der Waals surface area contributed by atoms with Gasteiger partial charge < -0.3 is 9.47 Å². The van der Waals surface area contributed by atoms with Gasteiger partial charge in [0.2, 0.25) is 0 Å². The van der Waals surface area contributed by atoms with Crippen LogP contribution in [0.5, 0.6) is 5.75 Å². The first-order chi connectivity index (χ1) is 7.74. The van der Waals surface area contributed by atoms with Gasteiger partial charge in [-0.15, -0.1) is 0 Å². The zero-order valence-electron chi connectivity index (χ0n) is 9.86. The molecule has 0 aromatic heterocycles. The molecule has 0 unspecified atom stereocenters. The van der Waals surface area contributed by atoms with Crippen LogP contribution in [0.15, 0.2) is 24.3 Å². The van der Waals surface area contributed by atoms with Crippen molar-refractivity contribution in [2.24, 2.45) is 0 Å². The molecule has 0 radical (unpaired) electrons. The number of rotatable bonds is 6. The Balaban J connectivity index is 2.21. The van der Waals surface area contributed by atoms with E-state index in [1.54, 1.807) is 0 Å². The fourth-order valence-corrected chi connectivity index (χ4v) is 1.35. The molecule has 88 valence electrons. The highest BCUT2D eigenvalue weighted by Gasteiger charge is 2.02. The minimum absolute atomic E-state index is 0.157. The lowest BCUT2D eigenvalue weighted by Gasteiger charge is -2.08. The molecule has 0 fully saturated rings. The molecule has 16 heavy (non-hydrogen) atoms. The van der Waals surface area contributed by atoms with E-state index in [-0.39, 0.29) is 5.97 Å². The lowest BCUT2D eigenvalue weighted by Crippen LogP contribution is -2.07. The van der Waals surface area contributed by atoms with Crippen LogP contribution in [-0.4, -0.2) is 19.2 Å². The monoisotopic (exact) mass is 222 g/mol. The van der Waals surface area contributed by atoms with Gasteiger partial charge >= 0.3 is 5.97 Å². The predicted octanol–water partition coefficient (Wildman–Crippen LogP) is 2.72. The maximum absolute atomic E-state index is 11.0. The minimum Gasteiger partial charge on any atom is -0.493 e. The van der Waals surface area contributed by atoms with Crippen LogP contribution >= 0.6 is 0 Å². The van der Waals surface area contributed by atoms with Crippen molar-refractivity contribution < 1.29 is 14.3 Å². The Hall–Kier alpha value is -1.51. The molecule has 0 saturated carbocycles. The summed E-state index contributed by atoms with van der Waals surface area (Å²) in [5.74, 6) is 0.724. The standard InChI is InChI=1S/C13H18O3/c1-3-15-13(14)9-6-10-16-12-8-5-4-7-11(12)2/h4-5,7-8H,3,6,9-10H2,1-2H3. The van der Waals surface area contributed by atoms with Gasteiger partial charge in [0.05, 0.1) is 13.2 Å². The van der Waals surface area contributed by atoms with Crippen molar-refractivity contribution >= 4 is 5.97 Å². The summed E-state index contributed by atoms with van der Waals surface area (Å²) in [5, 5.41) is 0. The lowest BCUT2D eigenvalue weighted by molar-refractivity contribution is -0.143. The van der Waals surface area contributed by atoms with Crippen molar-refractivity contribution in [1.29, 1.82) is 0 Å². The SMILES string of the molecule is CCOC(=O)CCCOc1ccccc1C. The number of esters is 1. The van der Waals surface area contributed by atoms with E-state index < -0.39 is 0 Å². The summed E-state index contributed by atoms with van der Waals surface area (Å²) in [6.45, 7) is 4.80. The molecule has 1 aromatic rings. The molecule has 0 saturated heterocycles. The van der Waals surface area contributed by atoms with Crippen LogP contribution in [0.2, 0.25) is 0 Å². The largest absolute Gasteiger partial charge is 0.493 e. The molecule has 1 rings (SSSR count). The van der Waals surface area contributed by atoms with Gasteiger partial charge in [0.1, 0.15) is 5.75 Å². The molecule has 0 amide bonds. The second-order valence-electron chi connectivity index (χ2n) is 3.52. The van der Waals surface area contributed by atoms with Crippen molar-refractivity contribution in [3.05, 3.63) is 29.8 Å². The van der Waals surface area contributed by atoms with Crippen molar-refractivity contribution in [3.63, 3.8) is 0 Å². The quantitative estimate of drug-likeness (QED) is 0.548. The number of aryl methyl sites for hydroxylation is 1. The van der Waals surface area contributed by atoms with E-state index >= 15 is 0 Å². The summed E-state index contributed by atoms with van der Waals surface area (Å²) in [4.78, 5) is 11.0. The number of carbonyl (C=O) groups is 1. The van der Waals surface area contributed by atoms with Crippen molar-refractivity contribution in [3.8, 4) is 5.75 Å². The van der Waals surface area contributed by atoms with Gasteiger partial charge in [0.15, 0.2) is 0 Å². The highest BCUT2D eigenvalue weighted by molar-refractivity contribution is 5.69. The minimum atomic E-state index is -0.157. The molecule has 0 bridgehead atoms. The third kappa shape index (κ3) is 4.34. The van der Waals surface area contributed by atoms with Crippen LogP contribution in [0.1, 0.15) is 25.3 Å². The van der Waals surface area contributed by atoms with Crippen LogP contribution in [0, 0.1) is 6.92 Å². The molecule has 3 nitrogen and oxygen atoms in total. The molecule has 0 atom stereocenters. The van der Waals surface area contributed by atoms with Crippen molar-refractivity contribution in [1.82, 2.24) is 0 Å². The van der Waals surface area contributed by atoms with E-state index in [9.17, 15) is 4.79 Å². The summed E-state index contributed by atoms with van der Waals surface area (Å²) >= 11 is 0. The van der Waals surface area contributed by atoms with Gasteiger partial charge in [-0.25, -0.2) is 0 Å². The third-order valence-electron chi connectivity index (χ3n) is 2.18. The molecule has 0 heterocycles. The molecule has 0 aliphatic carbocycles. The normalized spacial score (nSPS) is 9.88. The number of hydrogen-bond donors (Lipinski definition) is 0. The topological polar surface area (TPSA) is 35.5 Å². The van der Waals surface area contributed by atoms with Crippen LogP contribution in [0.4, 0.5) is 0 Å². The number of benzene rings is 1. The van der Waals surface area contributed by atoms with E-state index in [1.165, 1.54) is 0 Å². The zero-order valence-corrected chi connectivity index (χ0v) is 9.86. The fourth-order valence-electron chi connectivity index (χ4n) is 1.35. The summed E-state index contributed by atoms with van der Waals surface area (Å²) in [6.07, 6.45) is 1.10. The van der Waals surface area contributed by atoms with E-state index in [1.807, 2.05) is 38.1 Å². The van der Waals surface area contributed by atoms with Gasteiger partial charge in [-0.1, -0.05) is 18.2 Å². The summed E-state index contributed by atoms with van der Waals surface area (Å²) in [7, 11) is 0. The Morgan fingerprint density at radius 3 is 2.75 bits per heavy atom. The summed E-state index contributed by atoms with van der Waals surface area (Å²) in [6, 6.07) is 7.84. The van der Waals surface area contributed by atoms with E-state index in [0.717, 1.165) is 11.3 Å². The Labute approximate surface area is 96.4 Å². The Bertz CT molecular complexity index is 334. The first kappa shape index (κ1) is 12.6. The van der Waals surface area contributed by atoms with Gasteiger partial charge in [-0.2, -0.15) is 0 Å². The van der Waals surface area contributed by atoms with Gasteiger partial charge in [0.25, 0.3) is 0 Å². The van der Waals surface area contributed by atoms with Crippen LogP contribution in [-0.2, 0) is 9.53 Å². The molecule has 0 aliphatic heterocycles. The molecule has 0 N–H and O–H groups in total. The number of ether oxygens (including phenoxy) is 2. The molecular weight excluding hydrogens is 204 g/mol. The second-order valence-corrected chi connectivity index (χ2v) is 3.52. The number of hydrogen-bond acceptors (Lipinski definition) is 3. The van der Waals surface area contributed by atoms with Crippen molar-refractivity contribution in [2.75, 3.05) is 13.2 Å². The smallest absolute Gasteiger partial charge is 0.305 e. The van der Waals surface area contributed by atoms with E-state index in [0.29, 0.717) is 26.1 Å². The Morgan fingerprint density at radius 1 is 1.31 bits per heavy atom. The van der Waals surface area contributed by atoms with Gasteiger partial charge in [0, 0.05) is 6.42 Å². The van der Waals surface area contributed by atoms with Gasteiger partial charge in [-0.3, -0.25) is 4.79 Å². The maximum Gasteiger partial charge on any atom is 0.305 e. The van der Waals surface area contributed by atoms with Crippen molar-refractivity contribution in [2.45, 2.75) is 26.7 Å². The van der Waals surface area contributed by atoms with E-state index in [4.69, 9.17) is 9.47 Å². The molecule has 0 aliphatic rings. The highest BCUT2D eigenvalue weighted by Crippen LogP contribution is 2.16. The van der Waals surface area contributed by atoms with Crippen LogP contribution < -0.4 is 4.74 Å². The average molecular weight is 222 g/mol. The molecule has 0 spiro atoms. The molecule has 3 heteroatoms.